The summed E-state index contributed by atoms with van der Waals surface area (Å²) in [6.45, 7) is 2.77. The molecule has 0 atom stereocenters. The van der Waals surface area contributed by atoms with Crippen LogP contribution in [0, 0.1) is 5.41 Å². The number of aromatic carboxylic acids is 1. The molecule has 0 unspecified atom stereocenters. The number of hydrogen-bond acceptors (Lipinski definition) is 3. The Morgan fingerprint density at radius 3 is 2.67 bits per heavy atom. The van der Waals surface area contributed by atoms with Crippen LogP contribution in [0.25, 0.3) is 0 Å². The zero-order valence-corrected chi connectivity index (χ0v) is 10.1. The molecule has 0 bridgehead atoms. The quantitative estimate of drug-likeness (QED) is 0.757. The molecule has 1 heterocycles. The number of carbonyl (C=O) groups excluding carboxylic acids is 1. The molecule has 96 valence electrons. The molecule has 0 radical (unpaired) electrons. The number of nitrogens with one attached hydrogen (secondary N) is 2. The van der Waals surface area contributed by atoms with Gasteiger partial charge in [-0.25, -0.2) is 14.6 Å². The van der Waals surface area contributed by atoms with Gasteiger partial charge in [0.1, 0.15) is 5.69 Å². The van der Waals surface area contributed by atoms with E-state index in [1.165, 1.54) is 18.3 Å². The van der Waals surface area contributed by atoms with E-state index in [1.807, 2.05) is 0 Å². The average molecular weight is 249 g/mol. The van der Waals surface area contributed by atoms with Crippen LogP contribution in [0.2, 0.25) is 0 Å². The lowest BCUT2D eigenvalue weighted by atomic mass is 10.1. The van der Waals surface area contributed by atoms with Crippen molar-refractivity contribution in [3.8, 4) is 0 Å². The van der Waals surface area contributed by atoms with E-state index in [0.717, 1.165) is 12.8 Å². The molecule has 0 spiro atoms. The number of amides is 2. The monoisotopic (exact) mass is 249 g/mol. The lowest BCUT2D eigenvalue weighted by Gasteiger charge is -2.11. The summed E-state index contributed by atoms with van der Waals surface area (Å²) < 4.78 is 0. The Bertz CT molecular complexity index is 466. The van der Waals surface area contributed by atoms with Gasteiger partial charge in [0.05, 0.1) is 11.9 Å². The molecule has 1 aliphatic rings. The van der Waals surface area contributed by atoms with Gasteiger partial charge in [-0.05, 0) is 30.4 Å². The topological polar surface area (TPSA) is 91.3 Å². The van der Waals surface area contributed by atoms with Gasteiger partial charge in [-0.15, -0.1) is 0 Å². The van der Waals surface area contributed by atoms with E-state index in [-0.39, 0.29) is 17.1 Å². The standard InChI is InChI=1S/C12H15N3O3/c1-12(4-5-12)7-14-11(18)15-8-2-3-9(10(16)17)13-6-8/h2-3,6H,4-5,7H2,1H3,(H,16,17)(H2,14,15,18). The summed E-state index contributed by atoms with van der Waals surface area (Å²) in [7, 11) is 0. The van der Waals surface area contributed by atoms with Crippen molar-refractivity contribution in [2.24, 2.45) is 5.41 Å². The molecule has 1 aliphatic carbocycles. The second kappa shape index (κ2) is 4.64. The fourth-order valence-corrected chi connectivity index (χ4v) is 1.45. The van der Waals surface area contributed by atoms with Crippen LogP contribution >= 0.6 is 0 Å². The van der Waals surface area contributed by atoms with E-state index >= 15 is 0 Å². The van der Waals surface area contributed by atoms with E-state index in [4.69, 9.17) is 5.11 Å². The fraction of sp³-hybridized carbons (Fsp3) is 0.417. The Kier molecular flexibility index (Phi) is 3.18. The van der Waals surface area contributed by atoms with Crippen molar-refractivity contribution in [1.29, 1.82) is 0 Å². The first-order valence-electron chi connectivity index (χ1n) is 5.73. The number of carboxylic acid groups (broad SMARTS) is 1. The summed E-state index contributed by atoms with van der Waals surface area (Å²) >= 11 is 0. The number of aromatic nitrogens is 1. The van der Waals surface area contributed by atoms with Crippen LogP contribution in [-0.4, -0.2) is 28.6 Å². The lowest BCUT2D eigenvalue weighted by molar-refractivity contribution is 0.0690. The van der Waals surface area contributed by atoms with Crippen LogP contribution in [0.3, 0.4) is 0 Å². The molecule has 1 fully saturated rings. The van der Waals surface area contributed by atoms with Crippen LogP contribution in [0.15, 0.2) is 18.3 Å². The van der Waals surface area contributed by atoms with Crippen molar-refractivity contribution in [2.75, 3.05) is 11.9 Å². The van der Waals surface area contributed by atoms with Crippen molar-refractivity contribution in [2.45, 2.75) is 19.8 Å². The second-order valence-electron chi connectivity index (χ2n) is 4.86. The maximum Gasteiger partial charge on any atom is 0.354 e. The minimum atomic E-state index is -1.09. The van der Waals surface area contributed by atoms with Gasteiger partial charge in [0, 0.05) is 6.54 Å². The third kappa shape index (κ3) is 3.19. The maximum absolute atomic E-state index is 11.5. The molecule has 18 heavy (non-hydrogen) atoms. The molecular formula is C12H15N3O3. The van der Waals surface area contributed by atoms with Crippen molar-refractivity contribution in [3.05, 3.63) is 24.0 Å². The van der Waals surface area contributed by atoms with E-state index in [0.29, 0.717) is 12.2 Å². The smallest absolute Gasteiger partial charge is 0.354 e. The summed E-state index contributed by atoms with van der Waals surface area (Å²) in [6.07, 6.45) is 3.60. The fourth-order valence-electron chi connectivity index (χ4n) is 1.45. The van der Waals surface area contributed by atoms with Gasteiger partial charge < -0.3 is 15.7 Å². The minimum Gasteiger partial charge on any atom is -0.477 e. The molecule has 6 nitrogen and oxygen atoms in total. The van der Waals surface area contributed by atoms with Gasteiger partial charge in [0.15, 0.2) is 0 Å². The molecule has 0 saturated heterocycles. The molecule has 0 aromatic carbocycles. The molecule has 0 aliphatic heterocycles. The van der Waals surface area contributed by atoms with Crippen LogP contribution in [0.1, 0.15) is 30.3 Å². The third-order valence-electron chi connectivity index (χ3n) is 3.02. The zero-order chi connectivity index (χ0) is 13.2. The van der Waals surface area contributed by atoms with Gasteiger partial charge in [-0.3, -0.25) is 0 Å². The van der Waals surface area contributed by atoms with Crippen LogP contribution in [-0.2, 0) is 0 Å². The highest BCUT2D eigenvalue weighted by atomic mass is 16.4. The first kappa shape index (κ1) is 12.3. The van der Waals surface area contributed by atoms with E-state index in [2.05, 4.69) is 22.5 Å². The van der Waals surface area contributed by atoms with Crippen LogP contribution < -0.4 is 10.6 Å². The SMILES string of the molecule is CC1(CNC(=O)Nc2ccc(C(=O)O)nc2)CC1. The normalized spacial score (nSPS) is 15.8. The molecule has 1 saturated carbocycles. The zero-order valence-electron chi connectivity index (χ0n) is 10.1. The van der Waals surface area contributed by atoms with Gasteiger partial charge in [-0.1, -0.05) is 6.92 Å². The van der Waals surface area contributed by atoms with E-state index < -0.39 is 5.97 Å². The molecule has 2 rings (SSSR count). The average Bonchev–Trinajstić information content (AvgIpc) is 3.06. The van der Waals surface area contributed by atoms with Gasteiger partial charge >= 0.3 is 12.0 Å². The van der Waals surface area contributed by atoms with Crippen LogP contribution in [0.5, 0.6) is 0 Å². The Balaban J connectivity index is 1.84. The Morgan fingerprint density at radius 1 is 1.44 bits per heavy atom. The molecular weight excluding hydrogens is 234 g/mol. The highest BCUT2D eigenvalue weighted by molar-refractivity contribution is 5.90. The number of hydrogen-bond donors (Lipinski definition) is 3. The van der Waals surface area contributed by atoms with E-state index in [1.54, 1.807) is 0 Å². The van der Waals surface area contributed by atoms with Crippen molar-refractivity contribution >= 4 is 17.7 Å². The summed E-state index contributed by atoms with van der Waals surface area (Å²) in [6, 6.07) is 2.56. The van der Waals surface area contributed by atoms with Gasteiger partial charge in [0.25, 0.3) is 0 Å². The predicted molar refractivity (Wildman–Crippen MR) is 65.6 cm³/mol. The molecule has 1 aromatic rings. The van der Waals surface area contributed by atoms with Crippen LogP contribution in [0.4, 0.5) is 10.5 Å². The summed E-state index contributed by atoms with van der Waals surface area (Å²) in [5.74, 6) is -1.09. The Labute approximate surface area is 104 Å². The molecule has 3 N–H and O–H groups in total. The Morgan fingerprint density at radius 2 is 2.17 bits per heavy atom. The number of rotatable bonds is 4. The number of nitrogens with zero attached hydrogens (tertiary/aromatic N) is 1. The summed E-state index contributed by atoms with van der Waals surface area (Å²) in [5, 5.41) is 14.1. The van der Waals surface area contributed by atoms with Crippen molar-refractivity contribution in [1.82, 2.24) is 10.3 Å². The molecule has 6 heteroatoms. The first-order valence-corrected chi connectivity index (χ1v) is 5.73. The second-order valence-corrected chi connectivity index (χ2v) is 4.86. The number of carboxylic acids is 1. The number of carbonyl (C=O) groups is 2. The highest BCUT2D eigenvalue weighted by Gasteiger charge is 2.37. The lowest BCUT2D eigenvalue weighted by Crippen LogP contribution is -2.33. The van der Waals surface area contributed by atoms with Gasteiger partial charge in [-0.2, -0.15) is 0 Å². The van der Waals surface area contributed by atoms with Crippen molar-refractivity contribution < 1.29 is 14.7 Å². The molecule has 1 aromatic heterocycles. The number of pyridine rings is 1. The largest absolute Gasteiger partial charge is 0.477 e. The minimum absolute atomic E-state index is 0.0496. The summed E-state index contributed by atoms with van der Waals surface area (Å²) in [5.41, 5.74) is 0.674. The third-order valence-corrected chi connectivity index (χ3v) is 3.02. The molecule has 2 amide bonds. The van der Waals surface area contributed by atoms with Gasteiger partial charge in [0.2, 0.25) is 0 Å². The predicted octanol–water partition coefficient (Wildman–Crippen LogP) is 1.70. The summed E-state index contributed by atoms with van der Waals surface area (Å²) in [4.78, 5) is 25.8. The van der Waals surface area contributed by atoms with E-state index in [9.17, 15) is 9.59 Å². The highest BCUT2D eigenvalue weighted by Crippen LogP contribution is 2.43. The maximum atomic E-state index is 11.5. The first-order chi connectivity index (χ1) is 8.48. The Hall–Kier alpha value is -2.11. The number of anilines is 1. The number of urea groups is 1. The van der Waals surface area contributed by atoms with Crippen molar-refractivity contribution in [3.63, 3.8) is 0 Å².